The number of esters is 1. The molecule has 5 nitrogen and oxygen atoms in total. The molecule has 0 aliphatic carbocycles. The fraction of sp³-hybridized carbons (Fsp3) is 0.375. The molecule has 1 saturated heterocycles. The number of hydrogen-bond donors (Lipinski definition) is 0. The summed E-state index contributed by atoms with van der Waals surface area (Å²) in [5.74, 6) is -0.180. The number of anilines is 1. The zero-order chi connectivity index (χ0) is 29.2. The molecule has 1 unspecified atom stereocenters. The Morgan fingerprint density at radius 1 is 1.00 bits per heavy atom. The van der Waals surface area contributed by atoms with Crippen molar-refractivity contribution in [3.8, 4) is 5.75 Å². The van der Waals surface area contributed by atoms with Gasteiger partial charge in [0.1, 0.15) is 17.7 Å². The lowest BCUT2D eigenvalue weighted by molar-refractivity contribution is -0.147. The molecule has 8 heteroatoms. The molecule has 1 fully saturated rings. The second-order valence-corrected chi connectivity index (χ2v) is 17.9. The minimum absolute atomic E-state index is 0.0356. The van der Waals surface area contributed by atoms with E-state index in [0.717, 1.165) is 20.6 Å². The summed E-state index contributed by atoms with van der Waals surface area (Å²) in [6.07, 6.45) is 0.409. The van der Waals surface area contributed by atoms with Gasteiger partial charge in [0.15, 0.2) is 0 Å². The number of ether oxygens (including phenoxy) is 1. The summed E-state index contributed by atoms with van der Waals surface area (Å²) in [5.41, 5.74) is 2.58. The van der Waals surface area contributed by atoms with Crippen molar-refractivity contribution in [1.29, 1.82) is 0 Å². The first-order chi connectivity index (χ1) is 18.8. The lowest BCUT2D eigenvalue weighted by Gasteiger charge is -2.48. The first kappa shape index (κ1) is 30.2. The Morgan fingerprint density at radius 3 is 2.15 bits per heavy atom. The standard InChI is InChI=1S/C32H37FINO4Si/c1-21(36)38-29(22-7-11-24(33)12-8-22)20-19-28-30(35(31(28)37)26-15-13-25(34)14-16-26)23-9-17-27(18-10-23)39-40(5,6)32(2,3)4/h7-18,28-30H,19-20H2,1-6H3/t28?,29-,30+/m0/s1. The fourth-order valence-corrected chi connectivity index (χ4v) is 6.18. The number of benzene rings is 3. The highest BCUT2D eigenvalue weighted by molar-refractivity contribution is 14.1. The molecule has 0 bridgehead atoms. The zero-order valence-corrected chi connectivity index (χ0v) is 27.1. The van der Waals surface area contributed by atoms with E-state index in [2.05, 4.69) is 68.6 Å². The maximum absolute atomic E-state index is 13.6. The van der Waals surface area contributed by atoms with E-state index in [1.165, 1.54) is 19.1 Å². The van der Waals surface area contributed by atoms with Crippen LogP contribution in [-0.2, 0) is 14.3 Å². The van der Waals surface area contributed by atoms with E-state index in [1.54, 1.807) is 12.1 Å². The molecule has 4 rings (SSSR count). The molecule has 3 aromatic carbocycles. The zero-order valence-electron chi connectivity index (χ0n) is 23.9. The van der Waals surface area contributed by atoms with Gasteiger partial charge in [-0.05, 0) is 113 Å². The number of carbonyl (C=O) groups is 2. The third-order valence-electron chi connectivity index (χ3n) is 8.01. The molecule has 1 aliphatic heterocycles. The van der Waals surface area contributed by atoms with Crippen molar-refractivity contribution < 1.29 is 23.1 Å². The molecule has 1 aliphatic rings. The van der Waals surface area contributed by atoms with Gasteiger partial charge >= 0.3 is 5.97 Å². The smallest absolute Gasteiger partial charge is 0.303 e. The van der Waals surface area contributed by atoms with Crippen molar-refractivity contribution in [2.45, 2.75) is 70.8 Å². The number of rotatable bonds is 9. The van der Waals surface area contributed by atoms with Crippen molar-refractivity contribution in [2.75, 3.05) is 4.90 Å². The summed E-state index contributed by atoms with van der Waals surface area (Å²) in [6, 6.07) is 21.8. The van der Waals surface area contributed by atoms with Gasteiger partial charge < -0.3 is 14.1 Å². The van der Waals surface area contributed by atoms with Gasteiger partial charge in [0.05, 0.1) is 12.0 Å². The molecular formula is C32H37FINO4Si. The number of amides is 1. The topological polar surface area (TPSA) is 55.8 Å². The van der Waals surface area contributed by atoms with Crippen molar-refractivity contribution in [2.24, 2.45) is 5.92 Å². The van der Waals surface area contributed by atoms with E-state index in [1.807, 2.05) is 41.3 Å². The molecule has 212 valence electrons. The molecule has 1 heterocycles. The highest BCUT2D eigenvalue weighted by Crippen LogP contribution is 2.47. The maximum Gasteiger partial charge on any atom is 0.303 e. The third kappa shape index (κ3) is 6.76. The Kier molecular flexibility index (Phi) is 9.09. The van der Waals surface area contributed by atoms with Crippen LogP contribution < -0.4 is 9.33 Å². The molecule has 1 amide bonds. The van der Waals surface area contributed by atoms with Gasteiger partial charge in [0, 0.05) is 16.2 Å². The summed E-state index contributed by atoms with van der Waals surface area (Å²) < 4.78 is 26.7. The molecule has 3 atom stereocenters. The Morgan fingerprint density at radius 2 is 1.60 bits per heavy atom. The molecule has 40 heavy (non-hydrogen) atoms. The predicted molar refractivity (Wildman–Crippen MR) is 167 cm³/mol. The molecular weight excluding hydrogens is 636 g/mol. The van der Waals surface area contributed by atoms with Crippen LogP contribution >= 0.6 is 22.6 Å². The van der Waals surface area contributed by atoms with Crippen LogP contribution in [0.25, 0.3) is 0 Å². The molecule has 0 aromatic heterocycles. The molecule has 0 N–H and O–H groups in total. The second-order valence-electron chi connectivity index (χ2n) is 11.9. The molecule has 0 saturated carbocycles. The van der Waals surface area contributed by atoms with Gasteiger partial charge in [-0.3, -0.25) is 9.59 Å². The van der Waals surface area contributed by atoms with Crippen LogP contribution in [0.4, 0.5) is 10.1 Å². The van der Waals surface area contributed by atoms with E-state index in [-0.39, 0.29) is 28.7 Å². The first-order valence-electron chi connectivity index (χ1n) is 13.6. The van der Waals surface area contributed by atoms with Gasteiger partial charge in [-0.25, -0.2) is 4.39 Å². The maximum atomic E-state index is 13.6. The second kappa shape index (κ2) is 12.0. The predicted octanol–water partition coefficient (Wildman–Crippen LogP) is 8.60. The summed E-state index contributed by atoms with van der Waals surface area (Å²) >= 11 is 2.25. The van der Waals surface area contributed by atoms with Crippen LogP contribution in [0.3, 0.4) is 0 Å². The SMILES string of the molecule is CC(=O)O[C@@H](CCC1C(=O)N(c2ccc(I)cc2)[C@@H]1c1ccc(O[Si](C)(C)C(C)(C)C)cc1)c1ccc(F)cc1. The number of halogens is 2. The van der Waals surface area contributed by atoms with Gasteiger partial charge in [-0.2, -0.15) is 0 Å². The minimum atomic E-state index is -1.99. The highest BCUT2D eigenvalue weighted by atomic mass is 127. The monoisotopic (exact) mass is 673 g/mol. The van der Waals surface area contributed by atoms with Crippen LogP contribution in [0.1, 0.15) is 63.8 Å². The fourth-order valence-electron chi connectivity index (χ4n) is 4.78. The van der Waals surface area contributed by atoms with Crippen LogP contribution in [0, 0.1) is 15.3 Å². The van der Waals surface area contributed by atoms with Crippen molar-refractivity contribution >= 4 is 48.5 Å². The van der Waals surface area contributed by atoms with Crippen LogP contribution in [0.15, 0.2) is 72.8 Å². The average molecular weight is 674 g/mol. The van der Waals surface area contributed by atoms with Gasteiger partial charge in [0.25, 0.3) is 0 Å². The third-order valence-corrected chi connectivity index (χ3v) is 13.1. The number of β-lactam (4-membered cyclic amide) rings is 1. The van der Waals surface area contributed by atoms with E-state index in [9.17, 15) is 14.0 Å². The van der Waals surface area contributed by atoms with Gasteiger partial charge in [-0.1, -0.05) is 45.0 Å². The summed E-state index contributed by atoms with van der Waals surface area (Å²) in [7, 11) is -1.99. The number of hydrogen-bond acceptors (Lipinski definition) is 4. The Bertz CT molecular complexity index is 1340. The molecule has 0 radical (unpaired) electrons. The van der Waals surface area contributed by atoms with Crippen molar-refractivity contribution in [3.63, 3.8) is 0 Å². The normalized spacial score (nSPS) is 18.2. The Hall–Kier alpha value is -2.72. The van der Waals surface area contributed by atoms with E-state index < -0.39 is 20.4 Å². The lowest BCUT2D eigenvalue weighted by atomic mass is 9.78. The first-order valence-corrected chi connectivity index (χ1v) is 17.6. The van der Waals surface area contributed by atoms with Gasteiger partial charge in [-0.15, -0.1) is 0 Å². The lowest BCUT2D eigenvalue weighted by Crippen LogP contribution is -2.55. The van der Waals surface area contributed by atoms with Gasteiger partial charge in [0.2, 0.25) is 14.2 Å². The van der Waals surface area contributed by atoms with Crippen LogP contribution in [-0.4, -0.2) is 20.2 Å². The summed E-state index contributed by atoms with van der Waals surface area (Å²) in [6.45, 7) is 12.4. The van der Waals surface area contributed by atoms with Crippen molar-refractivity contribution in [3.05, 3.63) is 93.3 Å². The van der Waals surface area contributed by atoms with Crippen LogP contribution in [0.2, 0.25) is 18.1 Å². The number of nitrogens with zero attached hydrogens (tertiary/aromatic N) is 1. The molecule has 0 spiro atoms. The average Bonchev–Trinajstić information content (AvgIpc) is 2.88. The summed E-state index contributed by atoms with van der Waals surface area (Å²) in [5, 5.41) is 0.0851. The van der Waals surface area contributed by atoms with E-state index >= 15 is 0 Å². The Balaban J connectivity index is 1.59. The number of carbonyl (C=O) groups excluding carboxylic acids is 2. The quantitative estimate of drug-likeness (QED) is 0.0989. The highest BCUT2D eigenvalue weighted by Gasteiger charge is 2.48. The van der Waals surface area contributed by atoms with Crippen LogP contribution in [0.5, 0.6) is 5.75 Å². The molecule has 3 aromatic rings. The van der Waals surface area contributed by atoms with Crippen molar-refractivity contribution in [1.82, 2.24) is 0 Å². The minimum Gasteiger partial charge on any atom is -0.544 e. The van der Waals surface area contributed by atoms with E-state index in [4.69, 9.17) is 9.16 Å². The summed E-state index contributed by atoms with van der Waals surface area (Å²) in [4.78, 5) is 27.3. The largest absolute Gasteiger partial charge is 0.544 e. The van der Waals surface area contributed by atoms with E-state index in [0.29, 0.717) is 18.4 Å². The Labute approximate surface area is 251 Å².